The van der Waals surface area contributed by atoms with Gasteiger partial charge in [0.25, 0.3) is 15.9 Å². The molecule has 0 radical (unpaired) electrons. The van der Waals surface area contributed by atoms with E-state index in [4.69, 9.17) is 0 Å². The van der Waals surface area contributed by atoms with Crippen molar-refractivity contribution in [3.8, 4) is 0 Å². The molecule has 3 rings (SSSR count). The van der Waals surface area contributed by atoms with Crippen LogP contribution in [0.25, 0.3) is 4.91 Å². The fraction of sp³-hybridized carbons (Fsp3) is 0.273. The smallest absolute Gasteiger partial charge is 0.268 e. The van der Waals surface area contributed by atoms with Crippen molar-refractivity contribution < 1.29 is 18.0 Å². The number of rotatable bonds is 5. The first-order valence-electron chi connectivity index (χ1n) is 9.40. The topological polar surface area (TPSA) is 83.6 Å². The Balaban J connectivity index is 1.85. The van der Waals surface area contributed by atoms with E-state index >= 15 is 0 Å². The van der Waals surface area contributed by atoms with Crippen LogP contribution in [0.5, 0.6) is 0 Å². The molecular weight excluding hydrogens is 388 g/mol. The van der Waals surface area contributed by atoms with Crippen molar-refractivity contribution in [1.82, 2.24) is 4.31 Å². The van der Waals surface area contributed by atoms with Gasteiger partial charge in [0.05, 0.1) is 0 Å². The lowest BCUT2D eigenvalue weighted by Gasteiger charge is -2.17. The Hall–Kier alpha value is -2.93. The van der Waals surface area contributed by atoms with E-state index < -0.39 is 28.4 Å². The van der Waals surface area contributed by atoms with Crippen molar-refractivity contribution in [1.29, 1.82) is 0 Å². The van der Waals surface area contributed by atoms with Gasteiger partial charge in [-0.25, -0.2) is 12.7 Å². The van der Waals surface area contributed by atoms with E-state index in [1.54, 1.807) is 24.3 Å². The zero-order valence-electron chi connectivity index (χ0n) is 16.9. The molecule has 2 aromatic rings. The zero-order chi connectivity index (χ0) is 21.3. The van der Waals surface area contributed by atoms with Crippen LogP contribution in [-0.2, 0) is 26.0 Å². The number of carbonyl (C=O) groups excluding carboxylic acids is 2. The van der Waals surface area contributed by atoms with Crippen LogP contribution in [0.1, 0.15) is 36.1 Å². The molecule has 0 saturated carbocycles. The van der Waals surface area contributed by atoms with Crippen LogP contribution in [0, 0.1) is 13.8 Å². The van der Waals surface area contributed by atoms with Gasteiger partial charge in [0.15, 0.2) is 0 Å². The highest BCUT2D eigenvalue weighted by Crippen LogP contribution is 2.35. The third-order valence-electron chi connectivity index (χ3n) is 5.23. The van der Waals surface area contributed by atoms with E-state index in [1.807, 2.05) is 39.0 Å². The van der Waals surface area contributed by atoms with Crippen molar-refractivity contribution in [2.45, 2.75) is 34.1 Å². The molecule has 0 saturated heterocycles. The van der Waals surface area contributed by atoms with Crippen LogP contribution in [0.2, 0.25) is 0 Å². The molecule has 0 fully saturated rings. The summed E-state index contributed by atoms with van der Waals surface area (Å²) in [6, 6.07) is 12.5. The Morgan fingerprint density at radius 2 is 1.69 bits per heavy atom. The van der Waals surface area contributed by atoms with Gasteiger partial charge in [-0.15, -0.1) is 0 Å². The molecule has 1 aliphatic rings. The minimum absolute atomic E-state index is 0.0373. The normalized spacial score (nSPS) is 15.7. The number of carbonyl (C=O) groups is 2. The lowest BCUT2D eigenvalue weighted by molar-refractivity contribution is -0.126. The minimum atomic E-state index is -4.10. The van der Waals surface area contributed by atoms with E-state index in [1.165, 1.54) is 6.92 Å². The summed E-state index contributed by atoms with van der Waals surface area (Å²) in [4.78, 5) is 25.1. The van der Waals surface area contributed by atoms with Gasteiger partial charge in [-0.05, 0) is 55.5 Å². The fourth-order valence-electron chi connectivity index (χ4n) is 3.32. The molecule has 0 spiro atoms. The van der Waals surface area contributed by atoms with Gasteiger partial charge in [-0.2, -0.15) is 0 Å². The molecule has 2 amide bonds. The Labute approximate surface area is 171 Å². The van der Waals surface area contributed by atoms with E-state index in [0.717, 1.165) is 23.1 Å². The molecule has 7 heteroatoms. The third kappa shape index (κ3) is 3.82. The summed E-state index contributed by atoms with van der Waals surface area (Å²) < 4.78 is 26.7. The first kappa shape index (κ1) is 20.8. The summed E-state index contributed by atoms with van der Waals surface area (Å²) in [5.74, 6) is -1.23. The molecule has 0 aromatic heterocycles. The summed E-state index contributed by atoms with van der Waals surface area (Å²) in [7, 11) is -4.10. The summed E-state index contributed by atoms with van der Waals surface area (Å²) in [5, 5.41) is 2.70. The van der Waals surface area contributed by atoms with Crippen molar-refractivity contribution >= 4 is 32.4 Å². The van der Waals surface area contributed by atoms with Gasteiger partial charge < -0.3 is 5.32 Å². The van der Waals surface area contributed by atoms with Crippen LogP contribution < -0.4 is 5.32 Å². The van der Waals surface area contributed by atoms with Gasteiger partial charge in [0.2, 0.25) is 5.91 Å². The van der Waals surface area contributed by atoms with Gasteiger partial charge in [-0.3, -0.25) is 9.59 Å². The fourth-order valence-corrected chi connectivity index (χ4v) is 5.09. The molecule has 6 nitrogen and oxygen atoms in total. The Morgan fingerprint density at radius 3 is 2.31 bits per heavy atom. The molecule has 152 valence electrons. The SMILES string of the molecule is CCc1ccc(C2=C(C)C(=O)N(CC(=O)Nc3cccc(C)c3C)S2(=O)=O)cc1. The average molecular weight is 413 g/mol. The molecule has 1 aliphatic heterocycles. The van der Waals surface area contributed by atoms with Gasteiger partial charge in [-0.1, -0.05) is 43.3 Å². The number of nitrogens with one attached hydrogen (secondary N) is 1. The van der Waals surface area contributed by atoms with E-state index in [9.17, 15) is 18.0 Å². The quantitative estimate of drug-likeness (QED) is 0.816. The second-order valence-electron chi connectivity index (χ2n) is 7.12. The van der Waals surface area contributed by atoms with Crippen molar-refractivity contribution in [3.05, 3.63) is 70.3 Å². The number of hydrogen-bond donors (Lipinski definition) is 1. The van der Waals surface area contributed by atoms with Gasteiger partial charge in [0.1, 0.15) is 11.4 Å². The van der Waals surface area contributed by atoms with Crippen molar-refractivity contribution in [2.24, 2.45) is 0 Å². The Bertz CT molecular complexity index is 1120. The van der Waals surface area contributed by atoms with Crippen LogP contribution in [0.3, 0.4) is 0 Å². The predicted molar refractivity (Wildman–Crippen MR) is 114 cm³/mol. The first-order valence-corrected chi connectivity index (χ1v) is 10.8. The minimum Gasteiger partial charge on any atom is -0.324 e. The van der Waals surface area contributed by atoms with Crippen LogP contribution in [0.4, 0.5) is 5.69 Å². The van der Waals surface area contributed by atoms with Crippen LogP contribution in [0.15, 0.2) is 48.0 Å². The highest BCUT2D eigenvalue weighted by molar-refractivity contribution is 7.99. The molecule has 0 atom stereocenters. The molecule has 0 unspecified atom stereocenters. The number of aryl methyl sites for hydroxylation is 2. The third-order valence-corrected chi connectivity index (χ3v) is 7.16. The summed E-state index contributed by atoms with van der Waals surface area (Å²) in [6.45, 7) is 6.70. The molecule has 0 bridgehead atoms. The average Bonchev–Trinajstić information content (AvgIpc) is 2.85. The van der Waals surface area contributed by atoms with Gasteiger partial charge in [0, 0.05) is 11.3 Å². The maximum absolute atomic E-state index is 13.0. The number of sulfonamides is 1. The number of hydrogen-bond acceptors (Lipinski definition) is 4. The van der Waals surface area contributed by atoms with Gasteiger partial charge >= 0.3 is 0 Å². The van der Waals surface area contributed by atoms with Crippen molar-refractivity contribution in [3.63, 3.8) is 0 Å². The molecule has 1 N–H and O–H groups in total. The van der Waals surface area contributed by atoms with E-state index in [2.05, 4.69) is 5.32 Å². The lowest BCUT2D eigenvalue weighted by Crippen LogP contribution is -2.38. The standard InChI is InChI=1S/C22H24N2O4S/c1-5-17-9-11-18(12-10-17)21-16(4)22(26)24(29(21,27)28)13-20(25)23-19-8-6-7-14(2)15(19)3/h6-12H,5,13H2,1-4H3,(H,23,25). The Kier molecular flexibility index (Phi) is 5.61. The summed E-state index contributed by atoms with van der Waals surface area (Å²) in [6.07, 6.45) is 0.828. The largest absolute Gasteiger partial charge is 0.324 e. The van der Waals surface area contributed by atoms with Crippen molar-refractivity contribution in [2.75, 3.05) is 11.9 Å². The zero-order valence-corrected chi connectivity index (χ0v) is 17.8. The monoisotopic (exact) mass is 412 g/mol. The molecule has 1 heterocycles. The summed E-state index contributed by atoms with van der Waals surface area (Å²) in [5.41, 5.74) is 4.13. The molecule has 0 aliphatic carbocycles. The highest BCUT2D eigenvalue weighted by Gasteiger charge is 2.43. The number of nitrogens with zero attached hydrogens (tertiary/aromatic N) is 1. The second kappa shape index (κ2) is 7.83. The van der Waals surface area contributed by atoms with Crippen LogP contribution >= 0.6 is 0 Å². The number of benzene rings is 2. The van der Waals surface area contributed by atoms with E-state index in [0.29, 0.717) is 15.6 Å². The number of anilines is 1. The Morgan fingerprint density at radius 1 is 1.03 bits per heavy atom. The lowest BCUT2D eigenvalue weighted by atomic mass is 10.1. The van der Waals surface area contributed by atoms with Crippen LogP contribution in [-0.4, -0.2) is 31.1 Å². The molecular formula is C22H24N2O4S. The van der Waals surface area contributed by atoms with E-state index in [-0.39, 0.29) is 10.5 Å². The maximum atomic E-state index is 13.0. The second-order valence-corrected chi connectivity index (χ2v) is 8.92. The number of amides is 2. The molecule has 29 heavy (non-hydrogen) atoms. The maximum Gasteiger partial charge on any atom is 0.268 e. The summed E-state index contributed by atoms with van der Waals surface area (Å²) >= 11 is 0. The molecule has 2 aromatic carbocycles. The predicted octanol–water partition coefficient (Wildman–Crippen LogP) is 3.41. The first-order chi connectivity index (χ1) is 13.7. The highest BCUT2D eigenvalue weighted by atomic mass is 32.2.